The van der Waals surface area contributed by atoms with Crippen LogP contribution in [0.5, 0.6) is 0 Å². The summed E-state index contributed by atoms with van der Waals surface area (Å²) in [5, 5.41) is 0. The number of carbonyl (C=O) groups excluding carboxylic acids is 4. The molecule has 0 heterocycles. The molecule has 0 spiro atoms. The highest BCUT2D eigenvalue weighted by molar-refractivity contribution is 6.22. The standard InChI is InChI=1S/C15H16O6/c1-4-21-15(19)12(9(2)16)13(17)10-6-5-7-11(8-10)14(18)20-3/h5-8,12H,4H2,1-3H3. The lowest BCUT2D eigenvalue weighted by Gasteiger charge is -2.12. The van der Waals surface area contributed by atoms with Crippen LogP contribution >= 0.6 is 0 Å². The zero-order chi connectivity index (χ0) is 16.0. The van der Waals surface area contributed by atoms with Gasteiger partial charge < -0.3 is 9.47 Å². The molecular formula is C15H16O6. The molecule has 0 fully saturated rings. The lowest BCUT2D eigenvalue weighted by atomic mass is 9.93. The molecule has 0 radical (unpaired) electrons. The first-order chi connectivity index (χ1) is 9.92. The minimum absolute atomic E-state index is 0.0676. The molecule has 1 aromatic carbocycles. The number of esters is 2. The van der Waals surface area contributed by atoms with Crippen molar-refractivity contribution in [1.82, 2.24) is 0 Å². The van der Waals surface area contributed by atoms with E-state index in [9.17, 15) is 19.2 Å². The Morgan fingerprint density at radius 1 is 1.14 bits per heavy atom. The van der Waals surface area contributed by atoms with E-state index in [1.165, 1.54) is 31.4 Å². The van der Waals surface area contributed by atoms with E-state index in [0.29, 0.717) is 0 Å². The van der Waals surface area contributed by atoms with E-state index < -0.39 is 29.4 Å². The van der Waals surface area contributed by atoms with Crippen molar-refractivity contribution in [2.75, 3.05) is 13.7 Å². The van der Waals surface area contributed by atoms with Crippen molar-refractivity contribution in [1.29, 1.82) is 0 Å². The number of hydrogen-bond acceptors (Lipinski definition) is 6. The number of Topliss-reactive ketones (excluding diaryl/α,β-unsaturated/α-hetero) is 2. The van der Waals surface area contributed by atoms with Crippen molar-refractivity contribution in [3.05, 3.63) is 35.4 Å². The highest BCUT2D eigenvalue weighted by Crippen LogP contribution is 2.15. The largest absolute Gasteiger partial charge is 0.465 e. The Morgan fingerprint density at radius 2 is 1.76 bits per heavy atom. The molecule has 1 rings (SSSR count). The van der Waals surface area contributed by atoms with Crippen LogP contribution in [0.1, 0.15) is 34.6 Å². The molecule has 0 aromatic heterocycles. The highest BCUT2D eigenvalue weighted by atomic mass is 16.5. The average molecular weight is 292 g/mol. The fourth-order valence-corrected chi connectivity index (χ4v) is 1.77. The molecule has 1 atom stereocenters. The van der Waals surface area contributed by atoms with Gasteiger partial charge in [0.1, 0.15) is 0 Å². The molecular weight excluding hydrogens is 276 g/mol. The number of rotatable bonds is 6. The van der Waals surface area contributed by atoms with Crippen molar-refractivity contribution < 1.29 is 28.7 Å². The maximum absolute atomic E-state index is 12.3. The number of methoxy groups -OCH3 is 1. The van der Waals surface area contributed by atoms with Gasteiger partial charge in [-0.2, -0.15) is 0 Å². The Labute approximate surface area is 122 Å². The van der Waals surface area contributed by atoms with Crippen LogP contribution in [0.3, 0.4) is 0 Å². The van der Waals surface area contributed by atoms with Gasteiger partial charge in [-0.25, -0.2) is 4.79 Å². The van der Waals surface area contributed by atoms with Gasteiger partial charge in [-0.15, -0.1) is 0 Å². The molecule has 0 amide bonds. The first-order valence-corrected chi connectivity index (χ1v) is 6.32. The molecule has 112 valence electrons. The normalized spacial score (nSPS) is 11.4. The second-order valence-electron chi connectivity index (χ2n) is 4.23. The molecule has 6 heteroatoms. The lowest BCUT2D eigenvalue weighted by molar-refractivity contribution is -0.148. The Kier molecular flexibility index (Phi) is 5.78. The monoisotopic (exact) mass is 292 g/mol. The SMILES string of the molecule is CCOC(=O)C(C(C)=O)C(=O)c1cccc(C(=O)OC)c1. The summed E-state index contributed by atoms with van der Waals surface area (Å²) in [6.07, 6.45) is 0. The first-order valence-electron chi connectivity index (χ1n) is 6.32. The molecule has 0 saturated heterocycles. The summed E-state index contributed by atoms with van der Waals surface area (Å²) in [6, 6.07) is 5.64. The van der Waals surface area contributed by atoms with E-state index in [-0.39, 0.29) is 17.7 Å². The third-order valence-corrected chi connectivity index (χ3v) is 2.76. The van der Waals surface area contributed by atoms with Crippen LogP contribution in [0.4, 0.5) is 0 Å². The van der Waals surface area contributed by atoms with Crippen molar-refractivity contribution in [3.8, 4) is 0 Å². The molecule has 21 heavy (non-hydrogen) atoms. The predicted octanol–water partition coefficient (Wildman–Crippen LogP) is 1.42. The van der Waals surface area contributed by atoms with Gasteiger partial charge in [0.15, 0.2) is 17.5 Å². The maximum atomic E-state index is 12.3. The van der Waals surface area contributed by atoms with E-state index >= 15 is 0 Å². The molecule has 0 N–H and O–H groups in total. The van der Waals surface area contributed by atoms with E-state index in [1.807, 2.05) is 0 Å². The van der Waals surface area contributed by atoms with Crippen LogP contribution in [0, 0.1) is 5.92 Å². The summed E-state index contributed by atoms with van der Waals surface area (Å²) >= 11 is 0. The fraction of sp³-hybridized carbons (Fsp3) is 0.333. The Bertz CT molecular complexity index is 575. The van der Waals surface area contributed by atoms with Crippen LogP contribution < -0.4 is 0 Å². The summed E-state index contributed by atoms with van der Waals surface area (Å²) < 4.78 is 9.29. The van der Waals surface area contributed by atoms with Gasteiger partial charge in [0, 0.05) is 5.56 Å². The Morgan fingerprint density at radius 3 is 2.29 bits per heavy atom. The van der Waals surface area contributed by atoms with Crippen LogP contribution in [0.25, 0.3) is 0 Å². The fourth-order valence-electron chi connectivity index (χ4n) is 1.77. The van der Waals surface area contributed by atoms with Crippen molar-refractivity contribution in [2.24, 2.45) is 5.92 Å². The molecule has 0 aliphatic rings. The van der Waals surface area contributed by atoms with Gasteiger partial charge in [-0.05, 0) is 26.0 Å². The smallest absolute Gasteiger partial charge is 0.337 e. The number of ether oxygens (including phenoxy) is 2. The van der Waals surface area contributed by atoms with E-state index in [1.54, 1.807) is 6.92 Å². The number of carbonyl (C=O) groups is 4. The first kappa shape index (κ1) is 16.6. The lowest BCUT2D eigenvalue weighted by Crippen LogP contribution is -2.32. The maximum Gasteiger partial charge on any atom is 0.337 e. The van der Waals surface area contributed by atoms with Crippen LogP contribution in [0.2, 0.25) is 0 Å². The number of benzene rings is 1. The molecule has 1 aromatic rings. The average Bonchev–Trinajstić information content (AvgIpc) is 2.46. The van der Waals surface area contributed by atoms with Crippen LogP contribution in [0.15, 0.2) is 24.3 Å². The minimum Gasteiger partial charge on any atom is -0.465 e. The van der Waals surface area contributed by atoms with Gasteiger partial charge in [-0.3, -0.25) is 14.4 Å². The number of ketones is 2. The van der Waals surface area contributed by atoms with Gasteiger partial charge in [0.25, 0.3) is 0 Å². The Hall–Kier alpha value is -2.50. The zero-order valence-electron chi connectivity index (χ0n) is 12.0. The molecule has 0 aliphatic heterocycles. The molecule has 1 unspecified atom stereocenters. The van der Waals surface area contributed by atoms with E-state index in [4.69, 9.17) is 4.74 Å². The topological polar surface area (TPSA) is 86.7 Å². The minimum atomic E-state index is -1.52. The molecule has 6 nitrogen and oxygen atoms in total. The molecule has 0 aliphatic carbocycles. The van der Waals surface area contributed by atoms with Crippen molar-refractivity contribution in [2.45, 2.75) is 13.8 Å². The number of hydrogen-bond donors (Lipinski definition) is 0. The van der Waals surface area contributed by atoms with Crippen molar-refractivity contribution in [3.63, 3.8) is 0 Å². The van der Waals surface area contributed by atoms with Crippen LogP contribution in [-0.2, 0) is 19.1 Å². The highest BCUT2D eigenvalue weighted by Gasteiger charge is 2.33. The molecule has 0 bridgehead atoms. The quantitative estimate of drug-likeness (QED) is 0.448. The van der Waals surface area contributed by atoms with Gasteiger partial charge >= 0.3 is 11.9 Å². The van der Waals surface area contributed by atoms with E-state index in [2.05, 4.69) is 4.74 Å². The second-order valence-corrected chi connectivity index (χ2v) is 4.23. The zero-order valence-corrected chi connectivity index (χ0v) is 12.0. The summed E-state index contributed by atoms with van der Waals surface area (Å²) in [7, 11) is 1.22. The Balaban J connectivity index is 3.12. The van der Waals surface area contributed by atoms with Gasteiger partial charge in [0.2, 0.25) is 0 Å². The molecule has 0 saturated carbocycles. The van der Waals surface area contributed by atoms with Gasteiger partial charge in [0.05, 0.1) is 19.3 Å². The van der Waals surface area contributed by atoms with Crippen molar-refractivity contribution >= 4 is 23.5 Å². The third-order valence-electron chi connectivity index (χ3n) is 2.76. The second kappa shape index (κ2) is 7.33. The van der Waals surface area contributed by atoms with Crippen LogP contribution in [-0.4, -0.2) is 37.2 Å². The summed E-state index contributed by atoms with van der Waals surface area (Å²) in [5.41, 5.74) is 0.237. The third kappa shape index (κ3) is 3.98. The summed E-state index contributed by atoms with van der Waals surface area (Å²) in [5.74, 6) is -4.33. The van der Waals surface area contributed by atoms with Gasteiger partial charge in [-0.1, -0.05) is 12.1 Å². The van der Waals surface area contributed by atoms with E-state index in [0.717, 1.165) is 6.92 Å². The predicted molar refractivity (Wildman–Crippen MR) is 72.9 cm³/mol. The summed E-state index contributed by atoms with van der Waals surface area (Å²) in [6.45, 7) is 2.79. The summed E-state index contributed by atoms with van der Waals surface area (Å²) in [4.78, 5) is 47.0.